The van der Waals surface area contributed by atoms with Gasteiger partial charge in [-0.25, -0.2) is 9.97 Å². The average Bonchev–Trinajstić information content (AvgIpc) is 2.64. The third-order valence-corrected chi connectivity index (χ3v) is 5.00. The Morgan fingerprint density at radius 1 is 1.26 bits per heavy atom. The van der Waals surface area contributed by atoms with Crippen LogP contribution in [0.25, 0.3) is 10.8 Å². The molecule has 1 aliphatic rings. The van der Waals surface area contributed by atoms with Crippen molar-refractivity contribution in [2.75, 3.05) is 23.7 Å². The molecule has 138 valence electrons. The van der Waals surface area contributed by atoms with Gasteiger partial charge < -0.3 is 15.7 Å². The summed E-state index contributed by atoms with van der Waals surface area (Å²) in [4.78, 5) is 23.1. The Bertz CT molecular complexity index is 1020. The minimum atomic E-state index is -0.370. The van der Waals surface area contributed by atoms with E-state index in [0.717, 1.165) is 16.3 Å². The molecule has 0 saturated carbocycles. The summed E-state index contributed by atoms with van der Waals surface area (Å²) in [5, 5.41) is 11.9. The van der Waals surface area contributed by atoms with Crippen LogP contribution in [0.1, 0.15) is 22.3 Å². The van der Waals surface area contributed by atoms with Crippen LogP contribution >= 0.6 is 11.6 Å². The van der Waals surface area contributed by atoms with Gasteiger partial charge in [0.1, 0.15) is 11.6 Å². The number of ketones is 1. The maximum absolute atomic E-state index is 12.8. The molecule has 3 aromatic rings. The number of halogens is 1. The Labute approximate surface area is 161 Å². The predicted molar refractivity (Wildman–Crippen MR) is 106 cm³/mol. The second kappa shape index (κ2) is 7.13. The van der Waals surface area contributed by atoms with E-state index in [1.165, 1.54) is 6.20 Å². The SMILES string of the molecule is Nc1nccc2cc(CCC(=O)c3cc(Cl)cnc3N3CC(O)C3)ccc12. The van der Waals surface area contributed by atoms with E-state index in [1.807, 2.05) is 29.2 Å². The lowest BCUT2D eigenvalue weighted by Crippen LogP contribution is -2.51. The Morgan fingerprint density at radius 2 is 2.07 bits per heavy atom. The van der Waals surface area contributed by atoms with Gasteiger partial charge in [-0.1, -0.05) is 29.8 Å². The van der Waals surface area contributed by atoms with Crippen LogP contribution in [0.2, 0.25) is 5.02 Å². The molecule has 0 unspecified atom stereocenters. The molecular weight excluding hydrogens is 364 g/mol. The third kappa shape index (κ3) is 3.59. The number of hydrogen-bond donors (Lipinski definition) is 2. The molecule has 0 radical (unpaired) electrons. The second-order valence-electron chi connectivity index (χ2n) is 6.76. The number of aliphatic hydroxyl groups excluding tert-OH is 1. The van der Waals surface area contributed by atoms with Crippen LogP contribution < -0.4 is 10.6 Å². The number of nitrogens with zero attached hydrogens (tertiary/aromatic N) is 3. The van der Waals surface area contributed by atoms with Gasteiger partial charge in [-0.3, -0.25) is 4.79 Å². The Morgan fingerprint density at radius 3 is 2.85 bits per heavy atom. The Hall–Kier alpha value is -2.70. The first-order valence-electron chi connectivity index (χ1n) is 8.76. The number of carbonyl (C=O) groups excluding carboxylic acids is 1. The zero-order chi connectivity index (χ0) is 19.0. The summed E-state index contributed by atoms with van der Waals surface area (Å²) in [5.74, 6) is 1.07. The maximum Gasteiger partial charge on any atom is 0.166 e. The van der Waals surface area contributed by atoms with E-state index in [1.54, 1.807) is 12.3 Å². The number of rotatable bonds is 5. The zero-order valence-corrected chi connectivity index (χ0v) is 15.4. The Balaban J connectivity index is 1.52. The normalized spacial score (nSPS) is 14.4. The molecule has 0 spiro atoms. The van der Waals surface area contributed by atoms with Crippen LogP contribution in [-0.4, -0.2) is 40.1 Å². The minimum absolute atomic E-state index is 0.0178. The van der Waals surface area contributed by atoms with Crippen molar-refractivity contribution in [2.24, 2.45) is 0 Å². The summed E-state index contributed by atoms with van der Waals surface area (Å²) in [5.41, 5.74) is 7.44. The van der Waals surface area contributed by atoms with E-state index in [9.17, 15) is 9.90 Å². The number of fused-ring (bicyclic) bond motifs is 1. The van der Waals surface area contributed by atoms with Crippen LogP contribution in [0.15, 0.2) is 42.7 Å². The van der Waals surface area contributed by atoms with Gasteiger partial charge in [-0.2, -0.15) is 0 Å². The lowest BCUT2D eigenvalue weighted by Gasteiger charge is -2.37. The molecule has 2 aromatic heterocycles. The van der Waals surface area contributed by atoms with Crippen molar-refractivity contribution >= 4 is 39.8 Å². The number of aliphatic hydroxyl groups is 1. The Kier molecular flexibility index (Phi) is 4.68. The zero-order valence-electron chi connectivity index (χ0n) is 14.6. The smallest absolute Gasteiger partial charge is 0.166 e. The van der Waals surface area contributed by atoms with Gasteiger partial charge in [-0.05, 0) is 29.5 Å². The van der Waals surface area contributed by atoms with Crippen molar-refractivity contribution in [1.82, 2.24) is 9.97 Å². The predicted octanol–water partition coefficient (Wildman–Crippen LogP) is 2.86. The van der Waals surface area contributed by atoms with Gasteiger partial charge in [0.05, 0.1) is 16.7 Å². The fraction of sp³-hybridized carbons (Fsp3) is 0.250. The number of benzene rings is 1. The van der Waals surface area contributed by atoms with Crippen molar-refractivity contribution in [2.45, 2.75) is 18.9 Å². The van der Waals surface area contributed by atoms with Crippen molar-refractivity contribution < 1.29 is 9.90 Å². The number of Topliss-reactive ketones (excluding diaryl/α,β-unsaturated/α-hetero) is 1. The molecule has 1 fully saturated rings. The van der Waals surface area contributed by atoms with E-state index >= 15 is 0 Å². The number of β-amino-alcohol motifs (C(OH)–C–C–N with tert-alkyl or cyclic N) is 1. The number of aryl methyl sites for hydroxylation is 1. The third-order valence-electron chi connectivity index (χ3n) is 4.80. The number of aromatic nitrogens is 2. The minimum Gasteiger partial charge on any atom is -0.389 e. The summed E-state index contributed by atoms with van der Waals surface area (Å²) >= 11 is 6.05. The molecule has 0 bridgehead atoms. The van der Waals surface area contributed by atoms with Crippen LogP contribution in [0.4, 0.5) is 11.6 Å². The van der Waals surface area contributed by atoms with Crippen molar-refractivity contribution in [3.63, 3.8) is 0 Å². The molecule has 6 nitrogen and oxygen atoms in total. The number of pyridine rings is 2. The van der Waals surface area contributed by atoms with Gasteiger partial charge in [0.15, 0.2) is 5.78 Å². The van der Waals surface area contributed by atoms with E-state index in [2.05, 4.69) is 9.97 Å². The highest BCUT2D eigenvalue weighted by molar-refractivity contribution is 6.31. The monoisotopic (exact) mass is 382 g/mol. The largest absolute Gasteiger partial charge is 0.389 e. The molecule has 3 heterocycles. The highest BCUT2D eigenvalue weighted by Gasteiger charge is 2.29. The van der Waals surface area contributed by atoms with Crippen molar-refractivity contribution in [3.05, 3.63) is 58.9 Å². The molecule has 0 atom stereocenters. The summed E-state index contributed by atoms with van der Waals surface area (Å²) < 4.78 is 0. The molecule has 0 aliphatic carbocycles. The molecule has 1 aromatic carbocycles. The summed E-state index contributed by atoms with van der Waals surface area (Å²) in [6.45, 7) is 0.962. The molecule has 4 rings (SSSR count). The number of carbonyl (C=O) groups is 1. The molecule has 7 heteroatoms. The topological polar surface area (TPSA) is 92.3 Å². The summed E-state index contributed by atoms with van der Waals surface area (Å²) in [7, 11) is 0. The fourth-order valence-corrected chi connectivity index (χ4v) is 3.47. The highest BCUT2D eigenvalue weighted by Crippen LogP contribution is 2.27. The molecule has 27 heavy (non-hydrogen) atoms. The van der Waals surface area contributed by atoms with E-state index in [0.29, 0.717) is 48.2 Å². The first-order chi connectivity index (χ1) is 13.0. The van der Waals surface area contributed by atoms with Gasteiger partial charge in [0.2, 0.25) is 0 Å². The molecule has 0 amide bonds. The number of anilines is 2. The van der Waals surface area contributed by atoms with E-state index in [4.69, 9.17) is 17.3 Å². The molecule has 3 N–H and O–H groups in total. The fourth-order valence-electron chi connectivity index (χ4n) is 3.32. The van der Waals surface area contributed by atoms with Crippen LogP contribution in [0, 0.1) is 0 Å². The van der Waals surface area contributed by atoms with Crippen molar-refractivity contribution in [1.29, 1.82) is 0 Å². The highest BCUT2D eigenvalue weighted by atomic mass is 35.5. The van der Waals surface area contributed by atoms with Crippen LogP contribution in [0.3, 0.4) is 0 Å². The maximum atomic E-state index is 12.8. The quantitative estimate of drug-likeness (QED) is 0.659. The first kappa shape index (κ1) is 17.7. The standard InChI is InChI=1S/C20H19ClN4O2/c21-14-8-17(20(24-9-14)25-10-15(26)11-25)18(27)4-2-12-1-3-16-13(7-12)5-6-23-19(16)22/h1,3,5-9,15,26H,2,4,10-11H2,(H2,22,23). The van der Waals surface area contributed by atoms with Crippen molar-refractivity contribution in [3.8, 4) is 0 Å². The van der Waals surface area contributed by atoms with Crippen LogP contribution in [0.5, 0.6) is 0 Å². The van der Waals surface area contributed by atoms with Crippen LogP contribution in [-0.2, 0) is 6.42 Å². The number of nitrogen functional groups attached to an aromatic ring is 1. The van der Waals surface area contributed by atoms with Gasteiger partial charge >= 0.3 is 0 Å². The second-order valence-corrected chi connectivity index (χ2v) is 7.19. The average molecular weight is 383 g/mol. The molecular formula is C20H19ClN4O2. The lowest BCUT2D eigenvalue weighted by atomic mass is 10.00. The number of hydrogen-bond acceptors (Lipinski definition) is 6. The first-order valence-corrected chi connectivity index (χ1v) is 9.14. The summed E-state index contributed by atoms with van der Waals surface area (Å²) in [6.07, 6.45) is 3.78. The summed E-state index contributed by atoms with van der Waals surface area (Å²) in [6, 6.07) is 9.50. The van der Waals surface area contributed by atoms with Gasteiger partial charge in [0, 0.05) is 37.3 Å². The lowest BCUT2D eigenvalue weighted by molar-refractivity contribution is 0.0980. The van der Waals surface area contributed by atoms with Gasteiger partial charge in [-0.15, -0.1) is 0 Å². The van der Waals surface area contributed by atoms with E-state index in [-0.39, 0.29) is 11.9 Å². The molecule has 1 saturated heterocycles. The molecule has 1 aliphatic heterocycles. The number of nitrogens with two attached hydrogens (primary N) is 1. The van der Waals surface area contributed by atoms with Gasteiger partial charge in [0.25, 0.3) is 0 Å². The van der Waals surface area contributed by atoms with E-state index < -0.39 is 0 Å².